The summed E-state index contributed by atoms with van der Waals surface area (Å²) in [6.07, 6.45) is 1.67. The Morgan fingerprint density at radius 2 is 1.91 bits per heavy atom. The lowest BCUT2D eigenvalue weighted by Gasteiger charge is -2.03. The number of rotatable bonds is 2. The molecule has 0 saturated heterocycles. The molecule has 0 N–H and O–H groups in total. The molecule has 0 aliphatic rings. The molecule has 6 heteroatoms. The van der Waals surface area contributed by atoms with Crippen LogP contribution >= 0.6 is 27.3 Å². The summed E-state index contributed by atoms with van der Waals surface area (Å²) in [6, 6.07) is 7.73. The number of fused-ring (bicyclic) bond motifs is 1. The van der Waals surface area contributed by atoms with Crippen LogP contribution in [-0.4, -0.2) is 15.9 Å². The number of hydrogen-bond acceptors (Lipinski definition) is 4. The fourth-order valence-electron chi connectivity index (χ4n) is 2.20. The summed E-state index contributed by atoms with van der Waals surface area (Å²) in [5.74, 6) is 0.590. The molecule has 0 fully saturated rings. The Morgan fingerprint density at radius 3 is 2.59 bits per heavy atom. The first-order chi connectivity index (χ1) is 10.5. The SMILES string of the molecule is Cc1sc2nc(C)n(/N=C/c3ccc(Br)cc3)c(=O)c2c1C. The monoisotopic (exact) mass is 375 g/mol. The summed E-state index contributed by atoms with van der Waals surface area (Å²) in [6.45, 7) is 5.76. The zero-order chi connectivity index (χ0) is 15.9. The standard InChI is InChI=1S/C16H14BrN3OS/c1-9-10(2)22-15-14(9)16(21)20(11(3)19-15)18-8-12-4-6-13(17)7-5-12/h4-8H,1-3H3/b18-8+. The Morgan fingerprint density at radius 1 is 1.23 bits per heavy atom. The van der Waals surface area contributed by atoms with Crippen molar-refractivity contribution in [3.8, 4) is 0 Å². The molecular weight excluding hydrogens is 362 g/mol. The fraction of sp³-hybridized carbons (Fsp3) is 0.188. The van der Waals surface area contributed by atoms with Gasteiger partial charge in [0.1, 0.15) is 10.7 Å². The molecule has 0 atom stereocenters. The average Bonchev–Trinajstić information content (AvgIpc) is 2.75. The Hall–Kier alpha value is -1.79. The number of aromatic nitrogens is 2. The maximum Gasteiger partial charge on any atom is 0.283 e. The van der Waals surface area contributed by atoms with Gasteiger partial charge < -0.3 is 0 Å². The van der Waals surface area contributed by atoms with Crippen molar-refractivity contribution in [3.05, 3.63) is 60.9 Å². The van der Waals surface area contributed by atoms with Crippen LogP contribution in [0, 0.1) is 20.8 Å². The van der Waals surface area contributed by atoms with Gasteiger partial charge in [-0.15, -0.1) is 11.3 Å². The maximum atomic E-state index is 12.7. The van der Waals surface area contributed by atoms with Crippen LogP contribution in [-0.2, 0) is 0 Å². The Bertz CT molecular complexity index is 939. The second kappa shape index (κ2) is 5.78. The van der Waals surface area contributed by atoms with Crippen molar-refractivity contribution in [3.63, 3.8) is 0 Å². The third-order valence-electron chi connectivity index (χ3n) is 3.54. The number of hydrogen-bond donors (Lipinski definition) is 0. The van der Waals surface area contributed by atoms with E-state index < -0.39 is 0 Å². The van der Waals surface area contributed by atoms with Gasteiger partial charge in [-0.1, -0.05) is 28.1 Å². The number of thiophene rings is 1. The molecule has 0 radical (unpaired) electrons. The van der Waals surface area contributed by atoms with E-state index in [-0.39, 0.29) is 5.56 Å². The summed E-state index contributed by atoms with van der Waals surface area (Å²) < 4.78 is 2.37. The number of halogens is 1. The van der Waals surface area contributed by atoms with Gasteiger partial charge in [-0.25, -0.2) is 4.98 Å². The highest BCUT2D eigenvalue weighted by atomic mass is 79.9. The summed E-state index contributed by atoms with van der Waals surface area (Å²) in [5.41, 5.74) is 1.80. The highest BCUT2D eigenvalue weighted by Gasteiger charge is 2.13. The molecule has 3 rings (SSSR count). The van der Waals surface area contributed by atoms with Crippen LogP contribution in [0.1, 0.15) is 21.8 Å². The van der Waals surface area contributed by atoms with Crippen molar-refractivity contribution in [2.24, 2.45) is 5.10 Å². The molecule has 0 unspecified atom stereocenters. The minimum absolute atomic E-state index is 0.113. The van der Waals surface area contributed by atoms with Gasteiger partial charge in [0.25, 0.3) is 5.56 Å². The van der Waals surface area contributed by atoms with Gasteiger partial charge in [-0.3, -0.25) is 4.79 Å². The van der Waals surface area contributed by atoms with Crippen LogP contribution in [0.4, 0.5) is 0 Å². The highest BCUT2D eigenvalue weighted by molar-refractivity contribution is 9.10. The van der Waals surface area contributed by atoms with Crippen molar-refractivity contribution in [1.82, 2.24) is 9.66 Å². The number of benzene rings is 1. The van der Waals surface area contributed by atoms with E-state index in [4.69, 9.17) is 0 Å². The summed E-state index contributed by atoms with van der Waals surface area (Å²) in [5, 5.41) is 4.98. The number of nitrogens with zero attached hydrogens (tertiary/aromatic N) is 3. The van der Waals surface area contributed by atoms with Crippen molar-refractivity contribution in [2.45, 2.75) is 20.8 Å². The predicted octanol–water partition coefficient (Wildman–Crippen LogP) is 4.03. The average molecular weight is 376 g/mol. The normalized spacial score (nSPS) is 11.6. The quantitative estimate of drug-likeness (QED) is 0.634. The highest BCUT2D eigenvalue weighted by Crippen LogP contribution is 2.26. The molecule has 22 heavy (non-hydrogen) atoms. The van der Waals surface area contributed by atoms with Crippen LogP contribution in [0.5, 0.6) is 0 Å². The Kier molecular flexibility index (Phi) is 3.97. The first-order valence-electron chi connectivity index (χ1n) is 6.76. The van der Waals surface area contributed by atoms with Gasteiger partial charge in [0.05, 0.1) is 11.6 Å². The van der Waals surface area contributed by atoms with Crippen LogP contribution < -0.4 is 5.56 Å². The van der Waals surface area contributed by atoms with Crippen LogP contribution in [0.3, 0.4) is 0 Å². The van der Waals surface area contributed by atoms with E-state index in [1.807, 2.05) is 38.1 Å². The third-order valence-corrected chi connectivity index (χ3v) is 5.16. The molecule has 112 valence electrons. The van der Waals surface area contributed by atoms with Crippen molar-refractivity contribution in [1.29, 1.82) is 0 Å². The first kappa shape index (κ1) is 15.1. The number of aryl methyl sites for hydroxylation is 3. The van der Waals surface area contributed by atoms with E-state index in [2.05, 4.69) is 26.0 Å². The molecule has 0 amide bonds. The predicted molar refractivity (Wildman–Crippen MR) is 95.2 cm³/mol. The van der Waals surface area contributed by atoms with E-state index >= 15 is 0 Å². The molecule has 0 aliphatic carbocycles. The molecule has 3 aromatic rings. The minimum Gasteiger partial charge on any atom is -0.267 e. The lowest BCUT2D eigenvalue weighted by molar-refractivity contribution is 0.772. The van der Waals surface area contributed by atoms with E-state index in [9.17, 15) is 4.79 Å². The molecule has 4 nitrogen and oxygen atoms in total. The minimum atomic E-state index is -0.113. The first-order valence-corrected chi connectivity index (χ1v) is 8.37. The maximum absolute atomic E-state index is 12.7. The third kappa shape index (κ3) is 2.64. The molecule has 0 bridgehead atoms. The summed E-state index contributed by atoms with van der Waals surface area (Å²) in [4.78, 5) is 19.1. The molecule has 0 saturated carbocycles. The lowest BCUT2D eigenvalue weighted by atomic mass is 10.2. The van der Waals surface area contributed by atoms with E-state index in [1.54, 1.807) is 24.5 Å². The van der Waals surface area contributed by atoms with E-state index in [0.717, 1.165) is 25.3 Å². The van der Waals surface area contributed by atoms with Crippen molar-refractivity contribution in [2.75, 3.05) is 0 Å². The van der Waals surface area contributed by atoms with Crippen LogP contribution in [0.2, 0.25) is 0 Å². The van der Waals surface area contributed by atoms with Crippen molar-refractivity contribution >= 4 is 43.7 Å². The van der Waals surface area contributed by atoms with Gasteiger partial charge in [0, 0.05) is 9.35 Å². The lowest BCUT2D eigenvalue weighted by Crippen LogP contribution is -2.20. The van der Waals surface area contributed by atoms with Crippen LogP contribution in [0.25, 0.3) is 10.2 Å². The molecule has 2 heterocycles. The van der Waals surface area contributed by atoms with Gasteiger partial charge in [0.2, 0.25) is 0 Å². The van der Waals surface area contributed by atoms with Gasteiger partial charge >= 0.3 is 0 Å². The topological polar surface area (TPSA) is 47.2 Å². The molecule has 1 aromatic carbocycles. The van der Waals surface area contributed by atoms with Crippen molar-refractivity contribution < 1.29 is 0 Å². The van der Waals surface area contributed by atoms with Gasteiger partial charge in [0.15, 0.2) is 0 Å². The Labute approximate surface area is 140 Å². The molecule has 2 aromatic heterocycles. The largest absolute Gasteiger partial charge is 0.283 e. The summed E-state index contributed by atoms with van der Waals surface area (Å²) >= 11 is 4.94. The second-order valence-corrected chi connectivity index (χ2v) is 7.15. The smallest absolute Gasteiger partial charge is 0.267 e. The zero-order valence-corrected chi connectivity index (χ0v) is 14.8. The second-order valence-electron chi connectivity index (χ2n) is 5.04. The van der Waals surface area contributed by atoms with Crippen LogP contribution in [0.15, 0.2) is 38.6 Å². The zero-order valence-electron chi connectivity index (χ0n) is 12.4. The Balaban J connectivity index is 2.12. The van der Waals surface area contributed by atoms with Gasteiger partial charge in [-0.05, 0) is 44.0 Å². The van der Waals surface area contributed by atoms with Gasteiger partial charge in [-0.2, -0.15) is 9.78 Å². The van der Waals surface area contributed by atoms with E-state index in [1.165, 1.54) is 4.68 Å². The van der Waals surface area contributed by atoms with E-state index in [0.29, 0.717) is 11.2 Å². The molecular formula is C16H14BrN3OS. The molecule has 0 spiro atoms. The fourth-order valence-corrected chi connectivity index (χ4v) is 3.53. The molecule has 0 aliphatic heterocycles. The summed E-state index contributed by atoms with van der Waals surface area (Å²) in [7, 11) is 0.